The second kappa shape index (κ2) is 6.91. The number of nitrogens with zero attached hydrogens (tertiary/aromatic N) is 4. The normalized spacial score (nSPS) is 12.2. The molecule has 0 aliphatic heterocycles. The van der Waals surface area contributed by atoms with E-state index in [1.807, 2.05) is 6.92 Å². The van der Waals surface area contributed by atoms with Gasteiger partial charge in [-0.15, -0.1) is 0 Å². The Morgan fingerprint density at radius 3 is 2.60 bits per heavy atom. The zero-order valence-electron chi connectivity index (χ0n) is 12.0. The van der Waals surface area contributed by atoms with Crippen molar-refractivity contribution < 1.29 is 4.74 Å². The van der Waals surface area contributed by atoms with E-state index in [-0.39, 0.29) is 6.04 Å². The topological polar surface area (TPSA) is 72.8 Å². The summed E-state index contributed by atoms with van der Waals surface area (Å²) in [6.45, 7) is 4.87. The first-order valence-corrected chi connectivity index (χ1v) is 6.63. The summed E-state index contributed by atoms with van der Waals surface area (Å²) in [5, 5.41) is 3.41. The second-order valence-electron chi connectivity index (χ2n) is 4.42. The Kier molecular flexibility index (Phi) is 4.95. The number of methoxy groups -OCH3 is 1. The lowest BCUT2D eigenvalue weighted by molar-refractivity contribution is 0.381. The van der Waals surface area contributed by atoms with Crippen LogP contribution in [0.25, 0.3) is 0 Å². The maximum atomic E-state index is 5.29. The van der Waals surface area contributed by atoms with Crippen LogP contribution in [0, 0.1) is 6.92 Å². The quantitative estimate of drug-likeness (QED) is 0.863. The van der Waals surface area contributed by atoms with Crippen molar-refractivity contribution in [2.75, 3.05) is 13.7 Å². The highest BCUT2D eigenvalue weighted by atomic mass is 16.5. The molecule has 0 bridgehead atoms. The van der Waals surface area contributed by atoms with Crippen LogP contribution in [-0.2, 0) is 0 Å². The lowest BCUT2D eigenvalue weighted by Crippen LogP contribution is -2.26. The highest BCUT2D eigenvalue weighted by Gasteiger charge is 2.21. The molecule has 0 saturated carbocycles. The van der Waals surface area contributed by atoms with E-state index in [0.29, 0.717) is 5.88 Å². The number of hydrogen-bond donors (Lipinski definition) is 1. The Labute approximate surface area is 118 Å². The highest BCUT2D eigenvalue weighted by Crippen LogP contribution is 2.24. The van der Waals surface area contributed by atoms with Crippen LogP contribution in [0.1, 0.15) is 36.5 Å². The third-order valence-corrected chi connectivity index (χ3v) is 2.85. The SMILES string of the molecule is CCCNC(c1cnc(C)cn1)c1nccnc1OC. The predicted octanol–water partition coefficient (Wildman–Crippen LogP) is 1.67. The van der Waals surface area contributed by atoms with Crippen molar-refractivity contribution >= 4 is 0 Å². The van der Waals surface area contributed by atoms with E-state index >= 15 is 0 Å². The van der Waals surface area contributed by atoms with Crippen molar-refractivity contribution in [2.24, 2.45) is 0 Å². The molecular weight excluding hydrogens is 254 g/mol. The Morgan fingerprint density at radius 1 is 1.15 bits per heavy atom. The molecule has 1 atom stereocenters. The standard InChI is InChI=1S/C14H19N5O/c1-4-5-15-12(11-9-18-10(2)8-19-11)13-14(20-3)17-7-6-16-13/h6-9,12,15H,4-5H2,1-3H3. The molecule has 0 amide bonds. The third kappa shape index (κ3) is 3.27. The molecule has 0 spiro atoms. The van der Waals surface area contributed by atoms with Crippen LogP contribution in [0.2, 0.25) is 0 Å². The minimum atomic E-state index is -0.174. The van der Waals surface area contributed by atoms with Crippen molar-refractivity contribution in [3.8, 4) is 5.88 Å². The molecule has 20 heavy (non-hydrogen) atoms. The summed E-state index contributed by atoms with van der Waals surface area (Å²) < 4.78 is 5.29. The number of aromatic nitrogens is 4. The number of rotatable bonds is 6. The van der Waals surface area contributed by atoms with Gasteiger partial charge in [-0.1, -0.05) is 6.92 Å². The van der Waals surface area contributed by atoms with E-state index in [9.17, 15) is 0 Å². The van der Waals surface area contributed by atoms with Crippen molar-refractivity contribution in [2.45, 2.75) is 26.3 Å². The summed E-state index contributed by atoms with van der Waals surface area (Å²) in [6, 6.07) is -0.174. The zero-order valence-corrected chi connectivity index (χ0v) is 12.0. The average molecular weight is 273 g/mol. The number of hydrogen-bond acceptors (Lipinski definition) is 6. The van der Waals surface area contributed by atoms with Crippen LogP contribution in [-0.4, -0.2) is 33.6 Å². The van der Waals surface area contributed by atoms with Gasteiger partial charge in [0, 0.05) is 18.6 Å². The summed E-state index contributed by atoms with van der Waals surface area (Å²) >= 11 is 0. The Morgan fingerprint density at radius 2 is 1.95 bits per heavy atom. The number of nitrogens with one attached hydrogen (secondary N) is 1. The van der Waals surface area contributed by atoms with Gasteiger partial charge in [0.2, 0.25) is 5.88 Å². The maximum absolute atomic E-state index is 5.29. The minimum Gasteiger partial charge on any atom is -0.480 e. The first-order chi connectivity index (χ1) is 9.76. The van der Waals surface area contributed by atoms with Gasteiger partial charge in [0.25, 0.3) is 0 Å². The molecule has 6 heteroatoms. The van der Waals surface area contributed by atoms with Crippen LogP contribution >= 0.6 is 0 Å². The summed E-state index contributed by atoms with van der Waals surface area (Å²) in [5.41, 5.74) is 2.42. The van der Waals surface area contributed by atoms with Gasteiger partial charge in [-0.05, 0) is 19.9 Å². The van der Waals surface area contributed by atoms with Gasteiger partial charge >= 0.3 is 0 Å². The molecule has 0 aliphatic rings. The molecular formula is C14H19N5O. The Hall–Kier alpha value is -2.08. The smallest absolute Gasteiger partial charge is 0.237 e. The van der Waals surface area contributed by atoms with Gasteiger partial charge in [0.1, 0.15) is 5.69 Å². The monoisotopic (exact) mass is 273 g/mol. The van der Waals surface area contributed by atoms with E-state index in [1.165, 1.54) is 0 Å². The van der Waals surface area contributed by atoms with Crippen molar-refractivity contribution in [1.82, 2.24) is 25.3 Å². The molecule has 6 nitrogen and oxygen atoms in total. The molecule has 2 aromatic heterocycles. The van der Waals surface area contributed by atoms with Gasteiger partial charge in [0.15, 0.2) is 0 Å². The van der Waals surface area contributed by atoms with Crippen molar-refractivity contribution in [1.29, 1.82) is 0 Å². The molecule has 106 valence electrons. The van der Waals surface area contributed by atoms with Crippen LogP contribution in [0.3, 0.4) is 0 Å². The lowest BCUT2D eigenvalue weighted by Gasteiger charge is -2.18. The first-order valence-electron chi connectivity index (χ1n) is 6.63. The average Bonchev–Trinajstić information content (AvgIpc) is 2.50. The number of aryl methyl sites for hydroxylation is 1. The molecule has 1 unspecified atom stereocenters. The van der Waals surface area contributed by atoms with E-state index in [4.69, 9.17) is 4.74 Å². The molecule has 2 aromatic rings. The van der Waals surface area contributed by atoms with Crippen molar-refractivity contribution in [3.05, 3.63) is 41.9 Å². The lowest BCUT2D eigenvalue weighted by atomic mass is 10.1. The van der Waals surface area contributed by atoms with Gasteiger partial charge in [-0.3, -0.25) is 15.0 Å². The molecule has 0 aromatic carbocycles. The summed E-state index contributed by atoms with van der Waals surface area (Å²) in [6.07, 6.45) is 7.79. The summed E-state index contributed by atoms with van der Waals surface area (Å²) in [7, 11) is 1.59. The minimum absolute atomic E-state index is 0.174. The van der Waals surface area contributed by atoms with Crippen LogP contribution in [0.5, 0.6) is 5.88 Å². The van der Waals surface area contributed by atoms with Gasteiger partial charge in [-0.2, -0.15) is 0 Å². The van der Waals surface area contributed by atoms with E-state index in [1.54, 1.807) is 31.9 Å². The second-order valence-corrected chi connectivity index (χ2v) is 4.42. The molecule has 0 fully saturated rings. The van der Waals surface area contributed by atoms with Crippen LogP contribution < -0.4 is 10.1 Å². The fourth-order valence-electron chi connectivity index (χ4n) is 1.87. The highest BCUT2D eigenvalue weighted by molar-refractivity contribution is 5.28. The van der Waals surface area contributed by atoms with E-state index in [2.05, 4.69) is 32.2 Å². The Balaban J connectivity index is 2.38. The Bertz CT molecular complexity index is 544. The predicted molar refractivity (Wildman–Crippen MR) is 75.5 cm³/mol. The fourth-order valence-corrected chi connectivity index (χ4v) is 1.87. The molecule has 0 radical (unpaired) electrons. The van der Waals surface area contributed by atoms with E-state index in [0.717, 1.165) is 30.0 Å². The van der Waals surface area contributed by atoms with Crippen LogP contribution in [0.4, 0.5) is 0 Å². The molecule has 0 aliphatic carbocycles. The summed E-state index contributed by atoms with van der Waals surface area (Å²) in [5.74, 6) is 0.503. The van der Waals surface area contributed by atoms with Gasteiger partial charge in [0.05, 0.1) is 30.7 Å². The first kappa shape index (κ1) is 14.3. The van der Waals surface area contributed by atoms with Crippen LogP contribution in [0.15, 0.2) is 24.8 Å². The zero-order chi connectivity index (χ0) is 14.4. The molecule has 2 rings (SSSR count). The molecule has 2 heterocycles. The molecule has 0 saturated heterocycles. The third-order valence-electron chi connectivity index (χ3n) is 2.85. The molecule has 1 N–H and O–H groups in total. The summed E-state index contributed by atoms with van der Waals surface area (Å²) in [4.78, 5) is 17.3. The largest absolute Gasteiger partial charge is 0.480 e. The maximum Gasteiger partial charge on any atom is 0.237 e. The van der Waals surface area contributed by atoms with E-state index < -0.39 is 0 Å². The van der Waals surface area contributed by atoms with Crippen molar-refractivity contribution in [3.63, 3.8) is 0 Å². The number of ether oxygens (including phenoxy) is 1. The van der Waals surface area contributed by atoms with Gasteiger partial charge < -0.3 is 10.1 Å². The van der Waals surface area contributed by atoms with Gasteiger partial charge in [-0.25, -0.2) is 4.98 Å². The fraction of sp³-hybridized carbons (Fsp3) is 0.429.